The fourth-order valence-corrected chi connectivity index (χ4v) is 9.34. The topological polar surface area (TPSA) is 24.7 Å². The van der Waals surface area contributed by atoms with Crippen molar-refractivity contribution in [1.29, 1.82) is 0 Å². The first-order valence-electron chi connectivity index (χ1n) is 18.9. The van der Waals surface area contributed by atoms with Crippen LogP contribution in [0.4, 0.5) is 0 Å². The average Bonchev–Trinajstić information content (AvgIpc) is 3.56. The molecule has 0 radical (unpaired) electrons. The van der Waals surface area contributed by atoms with E-state index in [1.165, 1.54) is 82.4 Å². The molecule has 0 atom stereocenters. The standard InChI is InChI=1S/C52H36N2/c1-52(2)45-23-13-12-20-39(45)43-30-34(25-28-46(43)52)51-53-35(26-29-47(54-51)33-15-4-3-5-16-33)31-44-42-27-24-32-14-6-7-17-36(32)48(42)50-41-22-11-9-19-38(41)37-18-8-10-21-40(37)49(44)50/h3-28,30-31H,29H2,1-2H3/b44-31+. The van der Waals surface area contributed by atoms with Crippen molar-refractivity contribution >= 4 is 49.4 Å². The summed E-state index contributed by atoms with van der Waals surface area (Å²) in [5.74, 6) is 0.736. The molecular weight excluding hydrogens is 653 g/mol. The molecule has 54 heavy (non-hydrogen) atoms. The molecule has 0 N–H and O–H groups in total. The fraction of sp³-hybridized carbons (Fsp3) is 0.0769. The van der Waals surface area contributed by atoms with Gasteiger partial charge in [-0.15, -0.1) is 0 Å². The Morgan fingerprint density at radius 1 is 0.481 bits per heavy atom. The molecule has 2 heteroatoms. The van der Waals surface area contributed by atoms with E-state index in [4.69, 9.17) is 9.98 Å². The van der Waals surface area contributed by atoms with Gasteiger partial charge in [-0.1, -0.05) is 172 Å². The maximum absolute atomic E-state index is 5.47. The molecule has 0 unspecified atom stereocenters. The van der Waals surface area contributed by atoms with Gasteiger partial charge >= 0.3 is 0 Å². The Labute approximate surface area is 315 Å². The Morgan fingerprint density at radius 2 is 1.13 bits per heavy atom. The largest absolute Gasteiger partial charge is 0.232 e. The van der Waals surface area contributed by atoms with Gasteiger partial charge in [0.25, 0.3) is 0 Å². The lowest BCUT2D eigenvalue weighted by Crippen LogP contribution is -2.15. The van der Waals surface area contributed by atoms with Crippen molar-refractivity contribution in [2.45, 2.75) is 25.7 Å². The summed E-state index contributed by atoms with van der Waals surface area (Å²) in [6.45, 7) is 4.65. The monoisotopic (exact) mass is 688 g/mol. The highest BCUT2D eigenvalue weighted by atomic mass is 14.9. The second kappa shape index (κ2) is 11.7. The molecule has 2 nitrogen and oxygen atoms in total. The van der Waals surface area contributed by atoms with Crippen molar-refractivity contribution in [3.63, 3.8) is 0 Å². The van der Waals surface area contributed by atoms with E-state index in [0.717, 1.165) is 28.4 Å². The fourth-order valence-electron chi connectivity index (χ4n) is 9.34. The van der Waals surface area contributed by atoms with Gasteiger partial charge < -0.3 is 0 Å². The zero-order valence-electron chi connectivity index (χ0n) is 30.3. The lowest BCUT2D eigenvalue weighted by Gasteiger charge is -2.21. The van der Waals surface area contributed by atoms with Crippen molar-refractivity contribution in [1.82, 2.24) is 0 Å². The summed E-state index contributed by atoms with van der Waals surface area (Å²) in [6, 6.07) is 57.4. The van der Waals surface area contributed by atoms with Crippen LogP contribution in [0.3, 0.4) is 0 Å². The molecule has 11 rings (SSSR count). The van der Waals surface area contributed by atoms with Crippen molar-refractivity contribution in [2.75, 3.05) is 0 Å². The van der Waals surface area contributed by atoms with E-state index < -0.39 is 0 Å². The Morgan fingerprint density at radius 3 is 1.93 bits per heavy atom. The zero-order valence-corrected chi connectivity index (χ0v) is 30.3. The van der Waals surface area contributed by atoms with E-state index in [9.17, 15) is 0 Å². The van der Waals surface area contributed by atoms with Crippen molar-refractivity contribution in [3.05, 3.63) is 209 Å². The molecule has 0 spiro atoms. The van der Waals surface area contributed by atoms with Crippen LogP contribution in [-0.2, 0) is 5.41 Å². The molecule has 2 aliphatic carbocycles. The minimum Gasteiger partial charge on any atom is -0.232 e. The number of aliphatic imine (C=N–C) groups is 2. The molecule has 0 fully saturated rings. The summed E-state index contributed by atoms with van der Waals surface area (Å²) < 4.78 is 0. The SMILES string of the molecule is CC1(C)c2ccccc2-c2cc(C3=NC(/C=C4\c5ccc6ccccc6c5-c5c4c4ccccc4c4ccccc54)=CCC(c4ccccc4)=N3)ccc21. The van der Waals surface area contributed by atoms with Gasteiger partial charge in [-0.2, -0.15) is 0 Å². The van der Waals surface area contributed by atoms with E-state index in [0.29, 0.717) is 6.42 Å². The third-order valence-electron chi connectivity index (χ3n) is 11.9. The van der Waals surface area contributed by atoms with Crippen LogP contribution in [0, 0.1) is 0 Å². The minimum absolute atomic E-state index is 0.0654. The quantitative estimate of drug-likeness (QED) is 0.165. The van der Waals surface area contributed by atoms with Gasteiger partial charge in [0.1, 0.15) is 0 Å². The summed E-state index contributed by atoms with van der Waals surface area (Å²) in [5, 5.41) is 7.61. The molecule has 1 aliphatic heterocycles. The molecule has 3 aliphatic rings. The summed E-state index contributed by atoms with van der Waals surface area (Å²) in [6.07, 6.45) is 5.27. The van der Waals surface area contributed by atoms with Crippen LogP contribution in [0.25, 0.3) is 60.1 Å². The summed E-state index contributed by atoms with van der Waals surface area (Å²) >= 11 is 0. The van der Waals surface area contributed by atoms with E-state index >= 15 is 0 Å². The van der Waals surface area contributed by atoms with Crippen LogP contribution >= 0.6 is 0 Å². The summed E-state index contributed by atoms with van der Waals surface area (Å²) in [7, 11) is 0. The molecule has 0 amide bonds. The van der Waals surface area contributed by atoms with E-state index in [2.05, 4.69) is 184 Å². The Bertz CT molecular complexity index is 3030. The van der Waals surface area contributed by atoms with Gasteiger partial charge in [0, 0.05) is 17.4 Å². The molecule has 8 aromatic rings. The van der Waals surface area contributed by atoms with Crippen LogP contribution in [0.2, 0.25) is 0 Å². The van der Waals surface area contributed by atoms with E-state index in [-0.39, 0.29) is 5.41 Å². The molecule has 1 heterocycles. The summed E-state index contributed by atoms with van der Waals surface area (Å²) in [5.41, 5.74) is 15.6. The number of benzene rings is 8. The zero-order chi connectivity index (χ0) is 36.0. The Balaban J connectivity index is 1.16. The van der Waals surface area contributed by atoms with Gasteiger partial charge in [0.2, 0.25) is 0 Å². The second-order valence-electron chi connectivity index (χ2n) is 15.2. The number of nitrogens with zero attached hydrogens (tertiary/aromatic N) is 2. The van der Waals surface area contributed by atoms with Gasteiger partial charge in [-0.05, 0) is 100 Å². The van der Waals surface area contributed by atoms with Gasteiger partial charge in [-0.25, -0.2) is 9.98 Å². The molecule has 0 aromatic heterocycles. The van der Waals surface area contributed by atoms with Crippen LogP contribution < -0.4 is 0 Å². The predicted octanol–water partition coefficient (Wildman–Crippen LogP) is 13.1. The van der Waals surface area contributed by atoms with E-state index in [1.54, 1.807) is 0 Å². The highest BCUT2D eigenvalue weighted by Gasteiger charge is 2.35. The number of rotatable bonds is 3. The number of amidine groups is 1. The second-order valence-corrected chi connectivity index (χ2v) is 15.2. The van der Waals surface area contributed by atoms with Crippen molar-refractivity contribution in [3.8, 4) is 22.3 Å². The highest BCUT2D eigenvalue weighted by Crippen LogP contribution is 2.54. The number of hydrogen-bond acceptors (Lipinski definition) is 2. The smallest absolute Gasteiger partial charge is 0.160 e. The maximum Gasteiger partial charge on any atom is 0.160 e. The third-order valence-corrected chi connectivity index (χ3v) is 11.9. The minimum atomic E-state index is -0.0654. The third kappa shape index (κ3) is 4.53. The predicted molar refractivity (Wildman–Crippen MR) is 228 cm³/mol. The van der Waals surface area contributed by atoms with Crippen LogP contribution in [0.5, 0.6) is 0 Å². The average molecular weight is 689 g/mol. The summed E-state index contributed by atoms with van der Waals surface area (Å²) in [4.78, 5) is 10.8. The number of hydrogen-bond donors (Lipinski definition) is 0. The molecule has 8 aromatic carbocycles. The molecule has 0 saturated carbocycles. The highest BCUT2D eigenvalue weighted by molar-refractivity contribution is 6.27. The molecule has 254 valence electrons. The molecular formula is C52H36N2. The first-order valence-corrected chi connectivity index (χ1v) is 18.9. The van der Waals surface area contributed by atoms with Crippen molar-refractivity contribution in [2.24, 2.45) is 9.98 Å². The Hall–Kier alpha value is -6.64. The lowest BCUT2D eigenvalue weighted by atomic mass is 9.82. The number of fused-ring (bicyclic) bond motifs is 13. The van der Waals surface area contributed by atoms with Crippen LogP contribution in [-0.4, -0.2) is 11.5 Å². The van der Waals surface area contributed by atoms with Gasteiger partial charge in [0.05, 0.1) is 11.4 Å². The van der Waals surface area contributed by atoms with Gasteiger partial charge in [0.15, 0.2) is 5.84 Å². The molecule has 0 saturated heterocycles. The first-order chi connectivity index (χ1) is 26.5. The normalized spacial score (nSPS) is 16.0. The van der Waals surface area contributed by atoms with E-state index in [1.807, 2.05) is 0 Å². The molecule has 0 bridgehead atoms. The van der Waals surface area contributed by atoms with Crippen LogP contribution in [0.15, 0.2) is 186 Å². The number of allylic oxidation sites excluding steroid dienone is 2. The first kappa shape index (κ1) is 30.9. The maximum atomic E-state index is 5.47. The van der Waals surface area contributed by atoms with Gasteiger partial charge in [-0.3, -0.25) is 0 Å². The lowest BCUT2D eigenvalue weighted by molar-refractivity contribution is 0.660. The van der Waals surface area contributed by atoms with Crippen molar-refractivity contribution < 1.29 is 0 Å². The van der Waals surface area contributed by atoms with Crippen LogP contribution in [0.1, 0.15) is 53.6 Å². The Kier molecular flexibility index (Phi) is 6.69.